The third kappa shape index (κ3) is 5.49. The van der Waals surface area contributed by atoms with Crippen molar-refractivity contribution in [2.75, 3.05) is 19.7 Å². The van der Waals surface area contributed by atoms with E-state index in [0.717, 1.165) is 36.2 Å². The second kappa shape index (κ2) is 10.5. The Balaban J connectivity index is 1.98. The van der Waals surface area contributed by atoms with Gasteiger partial charge in [-0.05, 0) is 36.1 Å². The predicted molar refractivity (Wildman–Crippen MR) is 125 cm³/mol. The first-order valence-electron chi connectivity index (χ1n) is 11.1. The van der Waals surface area contributed by atoms with E-state index in [-0.39, 0.29) is 23.6 Å². The standard InChI is InChI=1S/C24H33N3O4S/c1-4-5-11-31-24-20-13-21(26-32(29,30)19-9-7-6-8-10-19)23(28)12-18(20)16-27(15-17(2)3)22(24)14-25/h6-10,13,16-17,21,26H,4-5,11-12,14-15,25H2,1-3H3. The highest BCUT2D eigenvalue weighted by atomic mass is 32.2. The molecule has 3 rings (SSSR count). The number of nitrogens with zero attached hydrogens (tertiary/aromatic N) is 1. The van der Waals surface area contributed by atoms with Crippen molar-refractivity contribution in [1.29, 1.82) is 0 Å². The first-order chi connectivity index (χ1) is 15.3. The lowest BCUT2D eigenvalue weighted by Crippen LogP contribution is -2.43. The summed E-state index contributed by atoms with van der Waals surface area (Å²) in [6.45, 7) is 7.90. The summed E-state index contributed by atoms with van der Waals surface area (Å²) in [6.07, 6.45) is 5.63. The fourth-order valence-electron chi connectivity index (χ4n) is 3.83. The number of fused-ring (bicyclic) bond motifs is 1. The molecule has 0 amide bonds. The third-order valence-corrected chi connectivity index (χ3v) is 6.85. The van der Waals surface area contributed by atoms with Crippen LogP contribution in [0.3, 0.4) is 0 Å². The highest BCUT2D eigenvalue weighted by Crippen LogP contribution is 2.36. The van der Waals surface area contributed by atoms with E-state index in [2.05, 4.69) is 30.4 Å². The van der Waals surface area contributed by atoms with Crippen molar-refractivity contribution in [3.05, 3.63) is 65.2 Å². The van der Waals surface area contributed by atoms with Gasteiger partial charge in [-0.15, -0.1) is 0 Å². The van der Waals surface area contributed by atoms with E-state index in [0.29, 0.717) is 18.3 Å². The molecule has 174 valence electrons. The number of hydrogen-bond acceptors (Lipinski definition) is 6. The summed E-state index contributed by atoms with van der Waals surface area (Å²) in [4.78, 5) is 15.1. The maximum atomic E-state index is 12.9. The van der Waals surface area contributed by atoms with Crippen molar-refractivity contribution in [3.8, 4) is 0 Å². The molecule has 1 aliphatic carbocycles. The van der Waals surface area contributed by atoms with Crippen LogP contribution in [0.1, 0.15) is 40.0 Å². The van der Waals surface area contributed by atoms with Crippen LogP contribution in [0.5, 0.6) is 0 Å². The quantitative estimate of drug-likeness (QED) is 0.522. The lowest BCUT2D eigenvalue weighted by atomic mass is 9.86. The molecule has 1 aromatic rings. The zero-order chi connectivity index (χ0) is 23.3. The Bertz CT molecular complexity index is 1030. The van der Waals surface area contributed by atoms with E-state index in [9.17, 15) is 13.2 Å². The number of ketones is 1. The van der Waals surface area contributed by atoms with Crippen LogP contribution in [-0.2, 0) is 19.6 Å². The zero-order valence-electron chi connectivity index (χ0n) is 19.0. The van der Waals surface area contributed by atoms with Gasteiger partial charge in [-0.2, -0.15) is 4.72 Å². The number of ether oxygens (including phenoxy) is 1. The van der Waals surface area contributed by atoms with Crippen LogP contribution in [0.15, 0.2) is 70.1 Å². The Morgan fingerprint density at radius 2 is 1.97 bits per heavy atom. The highest BCUT2D eigenvalue weighted by molar-refractivity contribution is 7.89. The van der Waals surface area contributed by atoms with Crippen molar-refractivity contribution in [2.45, 2.75) is 51.0 Å². The number of hydrogen-bond donors (Lipinski definition) is 2. The Labute approximate surface area is 191 Å². The van der Waals surface area contributed by atoms with E-state index in [1.165, 1.54) is 12.1 Å². The second-order valence-corrected chi connectivity index (χ2v) is 10.2. The van der Waals surface area contributed by atoms with Crippen LogP contribution in [0, 0.1) is 5.92 Å². The summed E-state index contributed by atoms with van der Waals surface area (Å²) in [5.41, 5.74) is 8.54. The average Bonchev–Trinajstić information content (AvgIpc) is 2.75. The first kappa shape index (κ1) is 24.2. The van der Waals surface area contributed by atoms with Crippen LogP contribution in [-0.4, -0.2) is 44.8 Å². The van der Waals surface area contributed by atoms with Gasteiger partial charge in [0.15, 0.2) is 5.78 Å². The van der Waals surface area contributed by atoms with Crippen LogP contribution in [0.4, 0.5) is 0 Å². The van der Waals surface area contributed by atoms with Gasteiger partial charge in [-0.25, -0.2) is 8.42 Å². The number of unbranched alkanes of at least 4 members (excludes halogenated alkanes) is 1. The van der Waals surface area contributed by atoms with Gasteiger partial charge in [-0.1, -0.05) is 45.4 Å². The van der Waals surface area contributed by atoms with Crippen LogP contribution in [0.25, 0.3) is 0 Å². The first-order valence-corrected chi connectivity index (χ1v) is 12.6. The normalized spacial score (nSPS) is 19.1. The second-order valence-electron chi connectivity index (χ2n) is 8.52. The number of allylic oxidation sites excluding steroid dienone is 1. The molecule has 1 atom stereocenters. The van der Waals surface area contributed by atoms with Crippen LogP contribution < -0.4 is 10.5 Å². The van der Waals surface area contributed by atoms with Gasteiger partial charge in [0.25, 0.3) is 0 Å². The molecule has 0 aromatic heterocycles. The van der Waals surface area contributed by atoms with Gasteiger partial charge in [0.2, 0.25) is 10.0 Å². The fraction of sp³-hybridized carbons (Fsp3) is 0.458. The van der Waals surface area contributed by atoms with Gasteiger partial charge < -0.3 is 15.4 Å². The lowest BCUT2D eigenvalue weighted by molar-refractivity contribution is -0.119. The molecule has 1 aliphatic heterocycles. The maximum Gasteiger partial charge on any atom is 0.241 e. The molecule has 0 spiro atoms. The molecule has 0 saturated heterocycles. The molecule has 0 bridgehead atoms. The van der Waals surface area contributed by atoms with Gasteiger partial charge in [0.05, 0.1) is 23.2 Å². The average molecular weight is 460 g/mol. The summed E-state index contributed by atoms with van der Waals surface area (Å²) in [6, 6.07) is 7.09. The summed E-state index contributed by atoms with van der Waals surface area (Å²) in [7, 11) is -3.84. The largest absolute Gasteiger partial charge is 0.491 e. The van der Waals surface area contributed by atoms with Gasteiger partial charge >= 0.3 is 0 Å². The summed E-state index contributed by atoms with van der Waals surface area (Å²) in [5, 5.41) is 0. The number of Topliss-reactive ketones (excluding diaryl/α,β-unsaturated/α-hetero) is 1. The summed E-state index contributed by atoms with van der Waals surface area (Å²) >= 11 is 0. The molecule has 32 heavy (non-hydrogen) atoms. The Kier molecular flexibility index (Phi) is 7.92. The molecule has 1 unspecified atom stereocenters. The van der Waals surface area contributed by atoms with E-state index >= 15 is 0 Å². The number of nitrogens with two attached hydrogens (primary N) is 1. The number of benzene rings is 1. The number of carbonyl (C=O) groups excluding carboxylic acids is 1. The molecule has 0 radical (unpaired) electrons. The monoisotopic (exact) mass is 459 g/mol. The smallest absolute Gasteiger partial charge is 0.241 e. The molecule has 1 aromatic carbocycles. The lowest BCUT2D eigenvalue weighted by Gasteiger charge is -2.36. The van der Waals surface area contributed by atoms with Crippen molar-refractivity contribution >= 4 is 15.8 Å². The van der Waals surface area contributed by atoms with Gasteiger partial charge in [-0.3, -0.25) is 4.79 Å². The predicted octanol–water partition coefficient (Wildman–Crippen LogP) is 3.08. The molecular weight excluding hydrogens is 426 g/mol. The Hall–Kier alpha value is -2.42. The molecule has 3 N–H and O–H groups in total. The van der Waals surface area contributed by atoms with Gasteiger partial charge in [0, 0.05) is 31.3 Å². The Morgan fingerprint density at radius 1 is 1.25 bits per heavy atom. The van der Waals surface area contributed by atoms with E-state index in [1.54, 1.807) is 24.3 Å². The zero-order valence-corrected chi connectivity index (χ0v) is 19.8. The topological polar surface area (TPSA) is 102 Å². The molecule has 2 aliphatic rings. The minimum atomic E-state index is -3.84. The minimum absolute atomic E-state index is 0.122. The Morgan fingerprint density at radius 3 is 2.59 bits per heavy atom. The summed E-state index contributed by atoms with van der Waals surface area (Å²) in [5.74, 6) is 0.837. The molecule has 7 nitrogen and oxygen atoms in total. The molecule has 0 saturated carbocycles. The van der Waals surface area contributed by atoms with E-state index in [4.69, 9.17) is 10.5 Å². The number of rotatable bonds is 10. The SMILES string of the molecule is CCCCOC1=C(CN)N(CC(C)C)C=C2CC(=O)C(NS(=O)(=O)c3ccccc3)C=C21. The maximum absolute atomic E-state index is 12.9. The number of nitrogens with one attached hydrogen (secondary N) is 1. The van der Waals surface area contributed by atoms with Crippen molar-refractivity contribution in [1.82, 2.24) is 9.62 Å². The highest BCUT2D eigenvalue weighted by Gasteiger charge is 2.35. The fourth-order valence-corrected chi connectivity index (χ4v) is 5.01. The van der Waals surface area contributed by atoms with E-state index in [1.807, 2.05) is 6.20 Å². The van der Waals surface area contributed by atoms with Crippen LogP contribution >= 0.6 is 0 Å². The van der Waals surface area contributed by atoms with Crippen LogP contribution in [0.2, 0.25) is 0 Å². The molecule has 0 fully saturated rings. The van der Waals surface area contributed by atoms with E-state index < -0.39 is 16.1 Å². The van der Waals surface area contributed by atoms with Gasteiger partial charge in [0.1, 0.15) is 5.76 Å². The molecule has 8 heteroatoms. The third-order valence-electron chi connectivity index (χ3n) is 5.39. The number of carbonyl (C=O) groups is 1. The van der Waals surface area contributed by atoms with Crippen molar-refractivity contribution in [2.24, 2.45) is 11.7 Å². The number of sulfonamides is 1. The van der Waals surface area contributed by atoms with Crippen molar-refractivity contribution < 1.29 is 17.9 Å². The molecular formula is C24H33N3O4S. The van der Waals surface area contributed by atoms with Crippen molar-refractivity contribution in [3.63, 3.8) is 0 Å². The minimum Gasteiger partial charge on any atom is -0.491 e. The molecule has 1 heterocycles. The summed E-state index contributed by atoms with van der Waals surface area (Å²) < 4.78 is 34.3.